The second-order valence-corrected chi connectivity index (χ2v) is 6.46. The summed E-state index contributed by atoms with van der Waals surface area (Å²) in [6.45, 7) is 0. The molecule has 28 heavy (non-hydrogen) atoms. The smallest absolute Gasteiger partial charge is 0.230 e. The molecule has 0 radical (unpaired) electrons. The van der Waals surface area contributed by atoms with E-state index in [4.69, 9.17) is 4.74 Å². The molecule has 138 valence electrons. The van der Waals surface area contributed by atoms with Gasteiger partial charge in [0.05, 0.1) is 10.9 Å². The summed E-state index contributed by atoms with van der Waals surface area (Å²) >= 11 is 0. The SMILES string of the molecule is O=C(Cc1ccccc1)Cc1ccc(Oc2ncnc3cc(F)ccc23)cc1. The van der Waals surface area contributed by atoms with Gasteiger partial charge in [-0.1, -0.05) is 42.5 Å². The number of carbonyl (C=O) groups is 1. The zero-order valence-corrected chi connectivity index (χ0v) is 15.0. The molecule has 3 aromatic carbocycles. The Hall–Kier alpha value is -3.60. The van der Waals surface area contributed by atoms with Crippen LogP contribution in [0.3, 0.4) is 0 Å². The zero-order valence-electron chi connectivity index (χ0n) is 15.0. The van der Waals surface area contributed by atoms with Gasteiger partial charge < -0.3 is 4.74 Å². The summed E-state index contributed by atoms with van der Waals surface area (Å²) < 4.78 is 19.2. The molecule has 1 heterocycles. The number of carbonyl (C=O) groups excluding carboxylic acids is 1. The van der Waals surface area contributed by atoms with Crippen LogP contribution in [0.15, 0.2) is 79.1 Å². The van der Waals surface area contributed by atoms with Crippen molar-refractivity contribution in [1.29, 1.82) is 0 Å². The number of aromatic nitrogens is 2. The summed E-state index contributed by atoms with van der Waals surface area (Å²) in [4.78, 5) is 20.4. The van der Waals surface area contributed by atoms with Gasteiger partial charge in [-0.2, -0.15) is 0 Å². The minimum absolute atomic E-state index is 0.156. The van der Waals surface area contributed by atoms with Crippen LogP contribution in [-0.4, -0.2) is 15.8 Å². The molecule has 4 nitrogen and oxygen atoms in total. The standard InChI is InChI=1S/C23H17FN2O2/c24-18-8-11-21-22(14-18)25-15-26-23(21)28-20-9-6-17(7-10-20)13-19(27)12-16-4-2-1-3-5-16/h1-11,14-15H,12-13H2. The van der Waals surface area contributed by atoms with Gasteiger partial charge >= 0.3 is 0 Å². The monoisotopic (exact) mass is 372 g/mol. The Morgan fingerprint density at radius 2 is 1.57 bits per heavy atom. The van der Waals surface area contributed by atoms with Crippen LogP contribution in [0.2, 0.25) is 0 Å². The number of fused-ring (bicyclic) bond motifs is 1. The first-order chi connectivity index (χ1) is 13.7. The molecule has 0 fully saturated rings. The lowest BCUT2D eigenvalue weighted by molar-refractivity contribution is -0.117. The summed E-state index contributed by atoms with van der Waals surface area (Å²) in [5.74, 6) is 0.742. The van der Waals surface area contributed by atoms with Crippen molar-refractivity contribution in [3.8, 4) is 11.6 Å². The van der Waals surface area contributed by atoms with Crippen molar-refractivity contribution < 1.29 is 13.9 Å². The lowest BCUT2D eigenvalue weighted by Crippen LogP contribution is -2.06. The van der Waals surface area contributed by atoms with Gasteiger partial charge in [0.25, 0.3) is 0 Å². The van der Waals surface area contributed by atoms with Crippen molar-refractivity contribution in [2.75, 3.05) is 0 Å². The van der Waals surface area contributed by atoms with Crippen LogP contribution in [0, 0.1) is 5.82 Å². The lowest BCUT2D eigenvalue weighted by atomic mass is 10.0. The first kappa shape index (κ1) is 17.8. The van der Waals surface area contributed by atoms with Gasteiger partial charge in [-0.05, 0) is 35.4 Å². The summed E-state index contributed by atoms with van der Waals surface area (Å²) in [5.41, 5.74) is 2.41. The molecule has 0 aliphatic carbocycles. The lowest BCUT2D eigenvalue weighted by Gasteiger charge is -2.08. The predicted octanol–water partition coefficient (Wildman–Crippen LogP) is 4.92. The average molecular weight is 372 g/mol. The van der Waals surface area contributed by atoms with E-state index in [0.717, 1.165) is 11.1 Å². The van der Waals surface area contributed by atoms with Crippen molar-refractivity contribution >= 4 is 16.7 Å². The minimum atomic E-state index is -0.360. The van der Waals surface area contributed by atoms with Crippen molar-refractivity contribution in [2.45, 2.75) is 12.8 Å². The summed E-state index contributed by atoms with van der Waals surface area (Å²) in [6, 6.07) is 21.3. The van der Waals surface area contributed by atoms with E-state index in [-0.39, 0.29) is 11.6 Å². The van der Waals surface area contributed by atoms with Gasteiger partial charge in [0, 0.05) is 18.9 Å². The van der Waals surface area contributed by atoms with Gasteiger partial charge in [0.2, 0.25) is 5.88 Å². The molecule has 1 aromatic heterocycles. The zero-order chi connectivity index (χ0) is 19.3. The maximum Gasteiger partial charge on any atom is 0.230 e. The number of nitrogens with zero attached hydrogens (tertiary/aromatic N) is 2. The Bertz CT molecular complexity index is 1110. The Labute approximate surface area is 161 Å². The highest BCUT2D eigenvalue weighted by atomic mass is 19.1. The van der Waals surface area contributed by atoms with Crippen LogP contribution in [0.5, 0.6) is 11.6 Å². The van der Waals surface area contributed by atoms with Gasteiger partial charge in [0.1, 0.15) is 23.7 Å². The van der Waals surface area contributed by atoms with E-state index in [1.807, 2.05) is 42.5 Å². The number of Topliss-reactive ketones (excluding diaryl/α,β-unsaturated/α-hetero) is 1. The fourth-order valence-electron chi connectivity index (χ4n) is 2.99. The molecule has 0 atom stereocenters. The molecular weight excluding hydrogens is 355 g/mol. The number of rotatable bonds is 6. The van der Waals surface area contributed by atoms with Crippen LogP contribution in [0.1, 0.15) is 11.1 Å². The number of hydrogen-bond acceptors (Lipinski definition) is 4. The van der Waals surface area contributed by atoms with Gasteiger partial charge in [0.15, 0.2) is 0 Å². The third kappa shape index (κ3) is 4.20. The predicted molar refractivity (Wildman–Crippen MR) is 105 cm³/mol. The molecule has 0 spiro atoms. The normalized spacial score (nSPS) is 10.8. The van der Waals surface area contributed by atoms with Crippen LogP contribution < -0.4 is 4.74 Å². The van der Waals surface area contributed by atoms with Crippen molar-refractivity contribution in [1.82, 2.24) is 9.97 Å². The van der Waals surface area contributed by atoms with Gasteiger partial charge in [-0.15, -0.1) is 0 Å². The number of ether oxygens (including phenoxy) is 1. The quantitative estimate of drug-likeness (QED) is 0.482. The first-order valence-electron chi connectivity index (χ1n) is 8.90. The van der Waals surface area contributed by atoms with Crippen LogP contribution in [0.25, 0.3) is 10.9 Å². The molecular formula is C23H17FN2O2. The molecule has 4 rings (SSSR count). The molecule has 0 amide bonds. The number of ketones is 1. The molecule has 5 heteroatoms. The molecule has 0 aliphatic heterocycles. The molecule has 0 bridgehead atoms. The Balaban J connectivity index is 1.44. The topological polar surface area (TPSA) is 52.1 Å². The number of benzene rings is 3. The van der Waals surface area contributed by atoms with E-state index < -0.39 is 0 Å². The highest BCUT2D eigenvalue weighted by Gasteiger charge is 2.09. The van der Waals surface area contributed by atoms with Crippen LogP contribution in [-0.2, 0) is 17.6 Å². The summed E-state index contributed by atoms with van der Waals surface area (Å²) in [6.07, 6.45) is 2.13. The second-order valence-electron chi connectivity index (χ2n) is 6.46. The first-order valence-corrected chi connectivity index (χ1v) is 8.90. The number of halogens is 1. The fraction of sp³-hybridized carbons (Fsp3) is 0.0870. The fourth-order valence-corrected chi connectivity index (χ4v) is 2.99. The molecule has 0 saturated carbocycles. The second kappa shape index (κ2) is 7.96. The van der Waals surface area contributed by atoms with Gasteiger partial charge in [-0.3, -0.25) is 4.79 Å². The van der Waals surface area contributed by atoms with Crippen molar-refractivity contribution in [2.24, 2.45) is 0 Å². The van der Waals surface area contributed by atoms with E-state index >= 15 is 0 Å². The Morgan fingerprint density at radius 3 is 2.32 bits per heavy atom. The van der Waals surface area contributed by atoms with Crippen molar-refractivity contribution in [3.63, 3.8) is 0 Å². The maximum absolute atomic E-state index is 13.4. The third-order valence-corrected chi connectivity index (χ3v) is 4.35. The van der Waals surface area contributed by atoms with E-state index in [2.05, 4.69) is 9.97 Å². The highest BCUT2D eigenvalue weighted by Crippen LogP contribution is 2.27. The van der Waals surface area contributed by atoms with Crippen LogP contribution >= 0.6 is 0 Å². The largest absolute Gasteiger partial charge is 0.438 e. The molecule has 0 saturated heterocycles. The van der Waals surface area contributed by atoms with Crippen LogP contribution in [0.4, 0.5) is 4.39 Å². The maximum atomic E-state index is 13.4. The molecule has 0 N–H and O–H groups in total. The summed E-state index contributed by atoms with van der Waals surface area (Å²) in [5, 5.41) is 0.631. The van der Waals surface area contributed by atoms with Crippen molar-refractivity contribution in [3.05, 3.63) is 96.1 Å². The molecule has 0 aliphatic rings. The van der Waals surface area contributed by atoms with E-state index in [1.54, 1.807) is 18.2 Å². The highest BCUT2D eigenvalue weighted by molar-refractivity contribution is 5.84. The third-order valence-electron chi connectivity index (χ3n) is 4.35. The Morgan fingerprint density at radius 1 is 0.857 bits per heavy atom. The summed E-state index contributed by atoms with van der Waals surface area (Å²) in [7, 11) is 0. The molecule has 0 unspecified atom stereocenters. The van der Waals surface area contributed by atoms with Gasteiger partial charge in [-0.25, -0.2) is 14.4 Å². The van der Waals surface area contributed by atoms with E-state index in [1.165, 1.54) is 18.5 Å². The average Bonchev–Trinajstić information content (AvgIpc) is 2.70. The van der Waals surface area contributed by atoms with E-state index in [0.29, 0.717) is 35.4 Å². The van der Waals surface area contributed by atoms with E-state index in [9.17, 15) is 9.18 Å². The minimum Gasteiger partial charge on any atom is -0.438 e. The Kier molecular flexibility index (Phi) is 5.06. The number of hydrogen-bond donors (Lipinski definition) is 0. The molecule has 4 aromatic rings.